The van der Waals surface area contributed by atoms with E-state index in [-0.39, 0.29) is 29.9 Å². The fourth-order valence-electron chi connectivity index (χ4n) is 9.53. The first kappa shape index (κ1) is 39.9. The predicted octanol–water partition coefficient (Wildman–Crippen LogP) is 9.04. The first-order chi connectivity index (χ1) is 29.8. The normalized spacial score (nSPS) is 19.2. The van der Waals surface area contributed by atoms with Crippen LogP contribution in [-0.2, 0) is 9.59 Å². The molecule has 12 nitrogen and oxygen atoms in total. The van der Waals surface area contributed by atoms with Gasteiger partial charge in [-0.25, -0.2) is 14.8 Å². The van der Waals surface area contributed by atoms with Gasteiger partial charge in [0, 0.05) is 20.1 Å². The number of likely N-dealkylation sites (N-methyl/N-ethyl adjacent to an activating group) is 1. The van der Waals surface area contributed by atoms with E-state index in [1.807, 2.05) is 42.6 Å². The van der Waals surface area contributed by atoms with Gasteiger partial charge in [0.05, 0.1) is 35.9 Å². The standard InChI is InChI=1S/C49H52N8O4/c1-54(49(60)61)43(37-13-5-2-6-14-37)47(58)56-29-11-17-41(56)45-50-31-39(52-45)35-23-19-33(20-24-35)34-21-25-36(26-22-34)40-32-51-46(53-40)42-18-12-30-57(42)48(59)44(38-15-7-3-8-16-38)55-27-9-4-10-28-55/h2-3,5-8,13-16,19-26,31-32,41-44H,4,9-12,17-18,27-30H2,1H3,(H,50,52)(H,51,53)(H,60,61)/t41-,42-,43+,44+/m0/s1. The van der Waals surface area contributed by atoms with Crippen molar-refractivity contribution in [2.75, 3.05) is 33.2 Å². The Labute approximate surface area is 356 Å². The molecular formula is C49H52N8O4. The number of carbonyl (C=O) groups is 3. The van der Waals surface area contributed by atoms with E-state index < -0.39 is 12.1 Å². The van der Waals surface area contributed by atoms with Crippen LogP contribution < -0.4 is 0 Å². The Balaban J connectivity index is 0.865. The molecule has 3 aliphatic rings. The highest BCUT2D eigenvalue weighted by molar-refractivity contribution is 5.87. The number of hydrogen-bond acceptors (Lipinski definition) is 6. The molecule has 2 aromatic heterocycles. The average Bonchev–Trinajstić information content (AvgIpc) is 4.15. The van der Waals surface area contributed by atoms with Crippen LogP contribution in [0, 0.1) is 0 Å². The molecule has 312 valence electrons. The van der Waals surface area contributed by atoms with Crippen molar-refractivity contribution in [2.45, 2.75) is 69.1 Å². The van der Waals surface area contributed by atoms with Crippen LogP contribution in [0.2, 0.25) is 0 Å². The zero-order chi connectivity index (χ0) is 41.9. The van der Waals surface area contributed by atoms with Crippen LogP contribution in [0.5, 0.6) is 0 Å². The van der Waals surface area contributed by atoms with Gasteiger partial charge in [0.25, 0.3) is 5.91 Å². The quantitative estimate of drug-likeness (QED) is 0.119. The Morgan fingerprint density at radius 2 is 1.05 bits per heavy atom. The number of piperidine rings is 1. The monoisotopic (exact) mass is 816 g/mol. The maximum Gasteiger partial charge on any atom is 0.407 e. The number of likely N-dealkylation sites (tertiary alicyclic amines) is 3. The molecular weight excluding hydrogens is 765 g/mol. The van der Waals surface area contributed by atoms with Gasteiger partial charge in [-0.05, 0) is 85.0 Å². The highest BCUT2D eigenvalue weighted by atomic mass is 16.4. The van der Waals surface area contributed by atoms with E-state index in [4.69, 9.17) is 9.97 Å². The molecule has 9 rings (SSSR count). The van der Waals surface area contributed by atoms with Crippen LogP contribution in [0.4, 0.5) is 4.79 Å². The van der Waals surface area contributed by atoms with Crippen molar-refractivity contribution in [3.63, 3.8) is 0 Å². The first-order valence-electron chi connectivity index (χ1n) is 21.6. The minimum absolute atomic E-state index is 0.0848. The molecule has 4 atom stereocenters. The second kappa shape index (κ2) is 17.6. The van der Waals surface area contributed by atoms with Crippen molar-refractivity contribution in [3.8, 4) is 33.6 Å². The number of rotatable bonds is 11. The van der Waals surface area contributed by atoms with Gasteiger partial charge < -0.3 is 24.9 Å². The molecule has 0 saturated carbocycles. The summed E-state index contributed by atoms with van der Waals surface area (Å²) in [5.74, 6) is 1.44. The minimum Gasteiger partial charge on any atom is -0.465 e. The number of amides is 3. The molecule has 0 aliphatic carbocycles. The molecule has 61 heavy (non-hydrogen) atoms. The van der Waals surface area contributed by atoms with Crippen molar-refractivity contribution >= 4 is 17.9 Å². The molecule has 3 N–H and O–H groups in total. The summed E-state index contributed by atoms with van der Waals surface area (Å²) in [5.41, 5.74) is 7.62. The zero-order valence-electron chi connectivity index (χ0n) is 34.5. The van der Waals surface area contributed by atoms with E-state index in [9.17, 15) is 19.5 Å². The highest BCUT2D eigenvalue weighted by Crippen LogP contribution is 2.38. The van der Waals surface area contributed by atoms with E-state index in [2.05, 4.69) is 80.4 Å². The summed E-state index contributed by atoms with van der Waals surface area (Å²) in [6.45, 7) is 3.14. The number of H-pyrrole nitrogens is 2. The number of carbonyl (C=O) groups excluding carboxylic acids is 2. The molecule has 6 aromatic rings. The molecule has 0 spiro atoms. The Hall–Kier alpha value is -6.53. The Bertz CT molecular complexity index is 2440. The molecule has 3 amide bonds. The Morgan fingerprint density at radius 3 is 1.54 bits per heavy atom. The van der Waals surface area contributed by atoms with Gasteiger partial charge in [-0.3, -0.25) is 19.4 Å². The predicted molar refractivity (Wildman–Crippen MR) is 234 cm³/mol. The average molecular weight is 817 g/mol. The van der Waals surface area contributed by atoms with Gasteiger partial charge in [-0.1, -0.05) is 116 Å². The molecule has 5 heterocycles. The fraction of sp³-hybridized carbons (Fsp3) is 0.327. The van der Waals surface area contributed by atoms with Crippen LogP contribution in [0.15, 0.2) is 122 Å². The Morgan fingerprint density at radius 1 is 0.590 bits per heavy atom. The van der Waals surface area contributed by atoms with E-state index in [0.717, 1.165) is 108 Å². The fourth-order valence-corrected chi connectivity index (χ4v) is 9.53. The summed E-state index contributed by atoms with van der Waals surface area (Å²) in [6, 6.07) is 34.5. The van der Waals surface area contributed by atoms with Crippen LogP contribution in [0.3, 0.4) is 0 Å². The van der Waals surface area contributed by atoms with Crippen LogP contribution in [-0.4, -0.2) is 95.8 Å². The van der Waals surface area contributed by atoms with E-state index in [1.165, 1.54) is 13.5 Å². The summed E-state index contributed by atoms with van der Waals surface area (Å²) in [7, 11) is 1.44. The molecule has 3 aliphatic heterocycles. The third-order valence-electron chi connectivity index (χ3n) is 12.8. The maximum absolute atomic E-state index is 14.4. The van der Waals surface area contributed by atoms with Gasteiger partial charge in [0.15, 0.2) is 0 Å². The van der Waals surface area contributed by atoms with E-state index in [1.54, 1.807) is 23.2 Å². The van der Waals surface area contributed by atoms with Crippen LogP contribution in [0.25, 0.3) is 33.6 Å². The SMILES string of the molecule is CN(C(=O)O)[C@@H](C(=O)N1CCC[C@H]1c1ncc(-c2ccc(-c3ccc(-c4cnc([C@@H]5CCCN5C(=O)[C@@H](c5ccccc5)N5CCCCC5)[nH]4)cc3)cc2)[nH]1)c1ccccc1. The molecule has 4 aromatic carbocycles. The van der Waals surface area contributed by atoms with E-state index in [0.29, 0.717) is 17.9 Å². The van der Waals surface area contributed by atoms with Crippen molar-refractivity contribution in [2.24, 2.45) is 0 Å². The van der Waals surface area contributed by atoms with Gasteiger partial charge in [0.2, 0.25) is 5.91 Å². The molecule has 3 fully saturated rings. The lowest BCUT2D eigenvalue weighted by atomic mass is 10.00. The number of nitrogens with one attached hydrogen (secondary N) is 2. The molecule has 12 heteroatoms. The molecule has 0 bridgehead atoms. The van der Waals surface area contributed by atoms with Crippen LogP contribution >= 0.6 is 0 Å². The summed E-state index contributed by atoms with van der Waals surface area (Å²) in [6.07, 6.45) is 9.36. The van der Waals surface area contributed by atoms with Crippen molar-refractivity contribution in [1.82, 2.24) is 39.5 Å². The molecule has 3 saturated heterocycles. The first-order valence-corrected chi connectivity index (χ1v) is 21.6. The Kier molecular flexibility index (Phi) is 11.5. The lowest BCUT2D eigenvalue weighted by Crippen LogP contribution is -2.44. The van der Waals surface area contributed by atoms with Gasteiger partial charge in [-0.15, -0.1) is 0 Å². The third-order valence-corrected chi connectivity index (χ3v) is 12.8. The second-order valence-electron chi connectivity index (χ2n) is 16.5. The smallest absolute Gasteiger partial charge is 0.407 e. The summed E-state index contributed by atoms with van der Waals surface area (Å²) < 4.78 is 0. The number of benzene rings is 4. The van der Waals surface area contributed by atoms with Crippen molar-refractivity contribution in [1.29, 1.82) is 0 Å². The third kappa shape index (κ3) is 8.20. The molecule has 0 unspecified atom stereocenters. The lowest BCUT2D eigenvalue weighted by Gasteiger charge is -2.37. The minimum atomic E-state index is -1.16. The van der Waals surface area contributed by atoms with Gasteiger partial charge in [0.1, 0.15) is 23.7 Å². The van der Waals surface area contributed by atoms with Crippen LogP contribution in [0.1, 0.15) is 91.9 Å². The lowest BCUT2D eigenvalue weighted by molar-refractivity contribution is -0.139. The molecule has 0 radical (unpaired) electrons. The summed E-state index contributed by atoms with van der Waals surface area (Å²) in [4.78, 5) is 64.2. The van der Waals surface area contributed by atoms with Gasteiger partial charge in [-0.2, -0.15) is 0 Å². The number of nitrogens with zero attached hydrogens (tertiary/aromatic N) is 6. The van der Waals surface area contributed by atoms with Crippen molar-refractivity contribution < 1.29 is 19.5 Å². The van der Waals surface area contributed by atoms with Gasteiger partial charge >= 0.3 is 6.09 Å². The summed E-state index contributed by atoms with van der Waals surface area (Å²) >= 11 is 0. The van der Waals surface area contributed by atoms with E-state index >= 15 is 0 Å². The largest absolute Gasteiger partial charge is 0.465 e. The highest BCUT2D eigenvalue weighted by Gasteiger charge is 2.40. The number of hydrogen-bond donors (Lipinski definition) is 3. The van der Waals surface area contributed by atoms with Crippen molar-refractivity contribution in [3.05, 3.63) is 144 Å². The number of aromatic nitrogens is 4. The second-order valence-corrected chi connectivity index (χ2v) is 16.5. The topological polar surface area (TPSA) is 142 Å². The number of carboxylic acid groups (broad SMARTS) is 1. The number of imidazole rings is 2. The zero-order valence-corrected chi connectivity index (χ0v) is 34.5. The maximum atomic E-state index is 14.4. The summed E-state index contributed by atoms with van der Waals surface area (Å²) in [5, 5.41) is 9.82. The number of aromatic amines is 2.